The largest absolute Gasteiger partial charge is 0.448 e. The maximum Gasteiger partial charge on any atom is 0.349 e. The van der Waals surface area contributed by atoms with Crippen molar-refractivity contribution in [1.82, 2.24) is 15.1 Å². The number of esters is 1. The van der Waals surface area contributed by atoms with Crippen molar-refractivity contribution in [2.24, 2.45) is 0 Å². The minimum absolute atomic E-state index is 0.0144. The van der Waals surface area contributed by atoms with Crippen molar-refractivity contribution >= 4 is 45.0 Å². The monoisotopic (exact) mass is 419 g/mol. The minimum Gasteiger partial charge on any atom is -0.448 e. The molecule has 0 saturated carbocycles. The molecule has 2 aromatic heterocycles. The van der Waals surface area contributed by atoms with Crippen LogP contribution in [0.2, 0.25) is 5.02 Å². The molecule has 0 aliphatic heterocycles. The highest BCUT2D eigenvalue weighted by molar-refractivity contribution is 7.20. The van der Waals surface area contributed by atoms with E-state index < -0.39 is 12.1 Å². The van der Waals surface area contributed by atoms with E-state index in [1.54, 1.807) is 13.0 Å². The first kappa shape index (κ1) is 20.4. The molecule has 2 heterocycles. The molecule has 0 aliphatic rings. The van der Waals surface area contributed by atoms with E-state index in [1.165, 1.54) is 11.3 Å². The second-order valence-electron chi connectivity index (χ2n) is 6.91. The lowest BCUT2D eigenvalue weighted by Crippen LogP contribution is -2.39. The van der Waals surface area contributed by atoms with E-state index in [4.69, 9.17) is 16.3 Å². The first-order chi connectivity index (χ1) is 13.2. The highest BCUT2D eigenvalue weighted by Gasteiger charge is 2.22. The van der Waals surface area contributed by atoms with Crippen LogP contribution in [0.15, 0.2) is 30.3 Å². The minimum atomic E-state index is -0.855. The highest BCUT2D eigenvalue weighted by atomic mass is 35.5. The second-order valence-corrected chi connectivity index (χ2v) is 8.38. The van der Waals surface area contributed by atoms with E-state index >= 15 is 0 Å². The molecule has 3 aromatic rings. The van der Waals surface area contributed by atoms with Crippen molar-refractivity contribution in [2.75, 3.05) is 0 Å². The number of aromatic nitrogens is 2. The second kappa shape index (κ2) is 8.32. The fourth-order valence-electron chi connectivity index (χ4n) is 2.76. The van der Waals surface area contributed by atoms with Crippen molar-refractivity contribution < 1.29 is 14.3 Å². The van der Waals surface area contributed by atoms with Gasteiger partial charge in [0.1, 0.15) is 9.71 Å². The van der Waals surface area contributed by atoms with Gasteiger partial charge in [0.25, 0.3) is 5.91 Å². The number of thiophene rings is 1. The van der Waals surface area contributed by atoms with Crippen LogP contribution in [-0.2, 0) is 16.1 Å². The molecule has 0 aliphatic carbocycles. The summed E-state index contributed by atoms with van der Waals surface area (Å²) in [6.45, 7) is 7.75. The number of amides is 1. The molecule has 0 saturated heterocycles. The van der Waals surface area contributed by atoms with Crippen LogP contribution in [0.1, 0.15) is 41.7 Å². The van der Waals surface area contributed by atoms with Gasteiger partial charge < -0.3 is 10.1 Å². The third-order valence-corrected chi connectivity index (χ3v) is 5.52. The number of carbonyl (C=O) groups is 2. The van der Waals surface area contributed by atoms with E-state index in [1.807, 2.05) is 49.7 Å². The standard InChI is InChI=1S/C20H22ClN3O3S/c1-11(2)22-18(25)13(4)27-20(26)17-9-16-12(3)23-24(19(16)28-17)10-14-5-7-15(21)8-6-14/h5-9,11,13H,10H2,1-4H3,(H,22,25)/t13-/m0/s1. The van der Waals surface area contributed by atoms with Crippen LogP contribution in [0, 0.1) is 6.92 Å². The summed E-state index contributed by atoms with van der Waals surface area (Å²) in [4.78, 5) is 25.8. The Morgan fingerprint density at radius 3 is 2.57 bits per heavy atom. The lowest BCUT2D eigenvalue weighted by Gasteiger charge is -2.14. The molecule has 3 rings (SSSR count). The van der Waals surface area contributed by atoms with Crippen LogP contribution in [0.5, 0.6) is 0 Å². The summed E-state index contributed by atoms with van der Waals surface area (Å²) < 4.78 is 7.19. The first-order valence-electron chi connectivity index (χ1n) is 8.97. The number of carbonyl (C=O) groups excluding carboxylic acids is 2. The van der Waals surface area contributed by atoms with Gasteiger partial charge in [0.15, 0.2) is 6.10 Å². The molecule has 1 amide bonds. The van der Waals surface area contributed by atoms with Crippen LogP contribution in [0.3, 0.4) is 0 Å². The number of hydrogen-bond donors (Lipinski definition) is 1. The molecular formula is C20H22ClN3O3S. The van der Waals surface area contributed by atoms with Crippen molar-refractivity contribution in [2.45, 2.75) is 46.4 Å². The average molecular weight is 420 g/mol. The van der Waals surface area contributed by atoms with Crippen molar-refractivity contribution in [1.29, 1.82) is 0 Å². The van der Waals surface area contributed by atoms with Gasteiger partial charge >= 0.3 is 5.97 Å². The summed E-state index contributed by atoms with van der Waals surface area (Å²) in [5, 5.41) is 8.89. The quantitative estimate of drug-likeness (QED) is 0.608. The van der Waals surface area contributed by atoms with Crippen LogP contribution in [0.4, 0.5) is 0 Å². The Labute approximate surface area is 172 Å². The fraction of sp³-hybridized carbons (Fsp3) is 0.350. The molecule has 1 N–H and O–H groups in total. The zero-order valence-electron chi connectivity index (χ0n) is 16.2. The third-order valence-electron chi connectivity index (χ3n) is 4.14. The Morgan fingerprint density at radius 1 is 1.25 bits per heavy atom. The number of rotatable bonds is 6. The molecule has 0 unspecified atom stereocenters. The van der Waals surface area contributed by atoms with Gasteiger partial charge in [0.2, 0.25) is 0 Å². The molecule has 28 heavy (non-hydrogen) atoms. The normalized spacial score (nSPS) is 12.4. The van der Waals surface area contributed by atoms with Gasteiger partial charge in [-0.2, -0.15) is 5.10 Å². The lowest BCUT2D eigenvalue weighted by atomic mass is 10.2. The Hall–Kier alpha value is -2.38. The predicted octanol–water partition coefficient (Wildman–Crippen LogP) is 4.18. The van der Waals surface area contributed by atoms with E-state index in [-0.39, 0.29) is 11.9 Å². The maximum absolute atomic E-state index is 12.5. The number of ether oxygens (including phenoxy) is 1. The van der Waals surface area contributed by atoms with Crippen LogP contribution >= 0.6 is 22.9 Å². The van der Waals surface area contributed by atoms with Gasteiger partial charge in [0, 0.05) is 16.5 Å². The summed E-state index contributed by atoms with van der Waals surface area (Å²) in [6, 6.07) is 9.33. The number of nitrogens with one attached hydrogen (secondary N) is 1. The maximum atomic E-state index is 12.5. The zero-order chi connectivity index (χ0) is 20.4. The number of aryl methyl sites for hydroxylation is 1. The Kier molecular flexibility index (Phi) is 6.05. The molecule has 1 aromatic carbocycles. The number of nitrogens with zero attached hydrogens (tertiary/aromatic N) is 2. The lowest BCUT2D eigenvalue weighted by molar-refractivity contribution is -0.129. The summed E-state index contributed by atoms with van der Waals surface area (Å²) >= 11 is 7.25. The number of benzene rings is 1. The molecular weight excluding hydrogens is 398 g/mol. The summed E-state index contributed by atoms with van der Waals surface area (Å²) in [7, 11) is 0. The van der Waals surface area contributed by atoms with E-state index in [9.17, 15) is 9.59 Å². The molecule has 0 bridgehead atoms. The third kappa shape index (κ3) is 4.54. The van der Waals surface area contributed by atoms with Crippen LogP contribution < -0.4 is 5.32 Å². The van der Waals surface area contributed by atoms with Crippen LogP contribution in [-0.4, -0.2) is 33.8 Å². The first-order valence-corrected chi connectivity index (χ1v) is 10.2. The molecule has 148 valence electrons. The summed E-state index contributed by atoms with van der Waals surface area (Å²) in [5.41, 5.74) is 1.90. The topological polar surface area (TPSA) is 73.2 Å². The predicted molar refractivity (Wildman–Crippen MR) is 111 cm³/mol. The van der Waals surface area contributed by atoms with E-state index in [2.05, 4.69) is 10.4 Å². The smallest absolute Gasteiger partial charge is 0.349 e. The Bertz CT molecular complexity index is 1010. The number of hydrogen-bond acceptors (Lipinski definition) is 5. The van der Waals surface area contributed by atoms with Crippen molar-refractivity contribution in [3.05, 3.63) is 51.5 Å². The molecule has 0 radical (unpaired) electrons. The molecule has 0 spiro atoms. The van der Waals surface area contributed by atoms with Gasteiger partial charge in [-0.1, -0.05) is 23.7 Å². The van der Waals surface area contributed by atoms with Gasteiger partial charge in [-0.05, 0) is 51.5 Å². The Balaban J connectivity index is 1.79. The zero-order valence-corrected chi connectivity index (χ0v) is 17.7. The SMILES string of the molecule is Cc1nn(Cc2ccc(Cl)cc2)c2sc(C(=O)O[C@@H](C)C(=O)NC(C)C)cc12. The van der Waals surface area contributed by atoms with Gasteiger partial charge in [-0.25, -0.2) is 4.79 Å². The molecule has 8 heteroatoms. The fourth-order valence-corrected chi connectivity index (χ4v) is 3.93. The van der Waals surface area contributed by atoms with Gasteiger partial charge in [-0.3, -0.25) is 9.48 Å². The molecule has 0 fully saturated rings. The van der Waals surface area contributed by atoms with Crippen molar-refractivity contribution in [3.8, 4) is 0 Å². The Morgan fingerprint density at radius 2 is 1.93 bits per heavy atom. The highest BCUT2D eigenvalue weighted by Crippen LogP contribution is 2.29. The van der Waals surface area contributed by atoms with Crippen LogP contribution in [0.25, 0.3) is 10.2 Å². The van der Waals surface area contributed by atoms with E-state index in [0.29, 0.717) is 16.4 Å². The molecule has 6 nitrogen and oxygen atoms in total. The number of fused-ring (bicyclic) bond motifs is 1. The van der Waals surface area contributed by atoms with Crippen molar-refractivity contribution in [3.63, 3.8) is 0 Å². The van der Waals surface area contributed by atoms with Gasteiger partial charge in [-0.15, -0.1) is 11.3 Å². The summed E-state index contributed by atoms with van der Waals surface area (Å²) in [5.74, 6) is -0.820. The van der Waals surface area contributed by atoms with E-state index in [0.717, 1.165) is 21.5 Å². The number of halogens is 1. The van der Waals surface area contributed by atoms with Gasteiger partial charge in [0.05, 0.1) is 12.2 Å². The summed E-state index contributed by atoms with van der Waals surface area (Å²) in [6.07, 6.45) is -0.855. The molecule has 1 atom stereocenters. The average Bonchev–Trinajstić information content (AvgIpc) is 3.18.